The van der Waals surface area contributed by atoms with E-state index in [1.54, 1.807) is 24.8 Å². The molecule has 0 aromatic heterocycles. The highest BCUT2D eigenvalue weighted by atomic mass is 32.2. The molecule has 1 aliphatic carbocycles. The molecule has 2 rings (SSSR count). The number of Topliss-reactive ketones (excluding diaryl/α,β-unsaturated/α-hetero) is 1. The van der Waals surface area contributed by atoms with Crippen LogP contribution in [0.25, 0.3) is 5.57 Å². The maximum atomic E-state index is 12.9. The highest BCUT2D eigenvalue weighted by Crippen LogP contribution is 2.38. The summed E-state index contributed by atoms with van der Waals surface area (Å²) < 4.78 is 38.6. The van der Waals surface area contributed by atoms with Gasteiger partial charge in [0.15, 0.2) is 5.78 Å². The van der Waals surface area contributed by atoms with E-state index in [4.69, 9.17) is 5.73 Å². The lowest BCUT2D eigenvalue weighted by Crippen LogP contribution is -2.29. The van der Waals surface area contributed by atoms with Crippen molar-refractivity contribution in [1.82, 2.24) is 0 Å². The first-order valence-electron chi connectivity index (χ1n) is 7.05. The van der Waals surface area contributed by atoms with E-state index < -0.39 is 23.7 Å². The van der Waals surface area contributed by atoms with Gasteiger partial charge in [0.25, 0.3) is 0 Å². The maximum absolute atomic E-state index is 12.9. The normalized spacial score (nSPS) is 22.5. The van der Waals surface area contributed by atoms with Crippen molar-refractivity contribution in [2.45, 2.75) is 26.1 Å². The first kappa shape index (κ1) is 17.1. The third-order valence-corrected chi connectivity index (χ3v) is 4.79. The summed E-state index contributed by atoms with van der Waals surface area (Å²) in [6, 6.07) is 4.50. The number of carbonyl (C=O) groups is 1. The number of carbonyl (C=O) groups excluding carboxylic acids is 1. The zero-order valence-electron chi connectivity index (χ0n) is 12.4. The van der Waals surface area contributed by atoms with Gasteiger partial charge in [-0.3, -0.25) is 4.79 Å². The third-order valence-electron chi connectivity index (χ3n) is 3.86. The minimum atomic E-state index is -4.43. The number of ketones is 1. The van der Waals surface area contributed by atoms with Crippen LogP contribution in [-0.2, 0) is 11.0 Å². The summed E-state index contributed by atoms with van der Waals surface area (Å²) >= 11 is 1.61. The van der Waals surface area contributed by atoms with Crippen LogP contribution < -0.4 is 5.73 Å². The second kappa shape index (κ2) is 6.46. The molecule has 1 aromatic carbocycles. The van der Waals surface area contributed by atoms with Gasteiger partial charge in [-0.25, -0.2) is 0 Å². The molecule has 2 N–H and O–H groups in total. The van der Waals surface area contributed by atoms with E-state index in [9.17, 15) is 18.0 Å². The summed E-state index contributed by atoms with van der Waals surface area (Å²) in [6.45, 7) is 3.71. The molecule has 1 aliphatic rings. The predicted octanol–water partition coefficient (Wildman–Crippen LogP) is 3.76. The molecule has 0 spiro atoms. The molecule has 6 heteroatoms. The maximum Gasteiger partial charge on any atom is 0.416 e. The molecular weight excluding hydrogens is 311 g/mol. The number of rotatable bonds is 4. The Morgan fingerprint density at radius 3 is 2.59 bits per heavy atom. The Morgan fingerprint density at radius 2 is 2.00 bits per heavy atom. The van der Waals surface area contributed by atoms with Gasteiger partial charge >= 0.3 is 6.18 Å². The van der Waals surface area contributed by atoms with Crippen LogP contribution in [0.3, 0.4) is 0 Å². The average molecular weight is 329 g/mol. The summed E-state index contributed by atoms with van der Waals surface area (Å²) in [7, 11) is 0. The summed E-state index contributed by atoms with van der Waals surface area (Å²) in [5, 5.41) is 0. The highest BCUT2D eigenvalue weighted by molar-refractivity contribution is 7.99. The summed E-state index contributed by atoms with van der Waals surface area (Å²) in [5.41, 5.74) is 6.77. The van der Waals surface area contributed by atoms with Gasteiger partial charge in [0, 0.05) is 23.3 Å². The largest absolute Gasteiger partial charge is 0.416 e. The lowest BCUT2D eigenvalue weighted by molar-refractivity contribution is -0.137. The number of thioether (sulfide) groups is 1. The number of allylic oxidation sites excluding steroid dienone is 1. The van der Waals surface area contributed by atoms with Crippen LogP contribution in [-0.4, -0.2) is 23.3 Å². The van der Waals surface area contributed by atoms with Crippen molar-refractivity contribution in [3.63, 3.8) is 0 Å². The molecule has 1 aromatic rings. The third kappa shape index (κ3) is 3.22. The van der Waals surface area contributed by atoms with Crippen LogP contribution in [0.5, 0.6) is 0 Å². The SMILES string of the molecule is CCSCC1=C(c2cccc(C(F)(F)F)c2)C(=O)C(C)C1N. The van der Waals surface area contributed by atoms with E-state index in [0.717, 1.165) is 23.5 Å². The Labute approximate surface area is 132 Å². The quantitative estimate of drug-likeness (QED) is 0.915. The van der Waals surface area contributed by atoms with Crippen molar-refractivity contribution >= 4 is 23.1 Å². The molecule has 0 fully saturated rings. The standard InChI is InChI=1S/C16H18F3NOS/c1-3-22-8-12-13(15(21)9(2)14(12)20)10-5-4-6-11(7-10)16(17,18)19/h4-7,9,14H,3,8,20H2,1-2H3. The van der Waals surface area contributed by atoms with Crippen molar-refractivity contribution in [3.05, 3.63) is 41.0 Å². The Balaban J connectivity index is 2.51. The Hall–Kier alpha value is -1.27. The van der Waals surface area contributed by atoms with Crippen molar-refractivity contribution in [2.75, 3.05) is 11.5 Å². The lowest BCUT2D eigenvalue weighted by Gasteiger charge is -2.13. The van der Waals surface area contributed by atoms with E-state index in [1.165, 1.54) is 6.07 Å². The monoisotopic (exact) mass is 329 g/mol. The molecule has 22 heavy (non-hydrogen) atoms. The molecule has 120 valence electrons. The van der Waals surface area contributed by atoms with Crippen LogP contribution in [0, 0.1) is 5.92 Å². The van der Waals surface area contributed by atoms with Gasteiger partial charge in [-0.1, -0.05) is 26.0 Å². The van der Waals surface area contributed by atoms with E-state index in [2.05, 4.69) is 0 Å². The number of hydrogen-bond donors (Lipinski definition) is 1. The fourth-order valence-electron chi connectivity index (χ4n) is 2.58. The zero-order valence-corrected chi connectivity index (χ0v) is 13.2. The van der Waals surface area contributed by atoms with E-state index >= 15 is 0 Å². The van der Waals surface area contributed by atoms with Crippen molar-refractivity contribution < 1.29 is 18.0 Å². The van der Waals surface area contributed by atoms with Crippen molar-refractivity contribution in [3.8, 4) is 0 Å². The first-order chi connectivity index (χ1) is 10.3. The molecule has 0 amide bonds. The number of hydrogen-bond acceptors (Lipinski definition) is 3. The van der Waals surface area contributed by atoms with Crippen LogP contribution in [0.2, 0.25) is 0 Å². The number of nitrogens with two attached hydrogens (primary N) is 1. The van der Waals surface area contributed by atoms with Crippen LogP contribution in [0.15, 0.2) is 29.8 Å². The molecule has 0 aliphatic heterocycles. The van der Waals surface area contributed by atoms with E-state index in [0.29, 0.717) is 16.9 Å². The van der Waals surface area contributed by atoms with Gasteiger partial charge < -0.3 is 5.73 Å². The second-order valence-corrected chi connectivity index (χ2v) is 6.57. The Kier molecular flexibility index (Phi) is 5.02. The first-order valence-corrected chi connectivity index (χ1v) is 8.21. The molecule has 0 radical (unpaired) electrons. The molecule has 0 saturated heterocycles. The van der Waals surface area contributed by atoms with Gasteiger partial charge in [0.1, 0.15) is 0 Å². The Bertz CT molecular complexity index is 610. The van der Waals surface area contributed by atoms with Crippen molar-refractivity contribution in [2.24, 2.45) is 11.7 Å². The van der Waals surface area contributed by atoms with Gasteiger partial charge in [-0.2, -0.15) is 24.9 Å². The molecule has 2 unspecified atom stereocenters. The molecule has 0 heterocycles. The number of halogens is 3. The highest BCUT2D eigenvalue weighted by Gasteiger charge is 2.38. The fraction of sp³-hybridized carbons (Fsp3) is 0.438. The van der Waals surface area contributed by atoms with Crippen LogP contribution >= 0.6 is 11.8 Å². The number of benzene rings is 1. The molecule has 0 bridgehead atoms. The smallest absolute Gasteiger partial charge is 0.324 e. The summed E-state index contributed by atoms with van der Waals surface area (Å²) in [6.07, 6.45) is -4.43. The topological polar surface area (TPSA) is 43.1 Å². The van der Waals surface area contributed by atoms with Crippen LogP contribution in [0.4, 0.5) is 13.2 Å². The Morgan fingerprint density at radius 1 is 1.32 bits per heavy atom. The van der Waals surface area contributed by atoms with Crippen molar-refractivity contribution in [1.29, 1.82) is 0 Å². The van der Waals surface area contributed by atoms with Gasteiger partial charge in [-0.15, -0.1) is 0 Å². The van der Waals surface area contributed by atoms with Gasteiger partial charge in [-0.05, 0) is 29.0 Å². The van der Waals surface area contributed by atoms with Gasteiger partial charge in [0.05, 0.1) is 5.56 Å². The molecule has 2 nitrogen and oxygen atoms in total. The lowest BCUT2D eigenvalue weighted by atomic mass is 9.98. The fourth-order valence-corrected chi connectivity index (χ4v) is 3.34. The second-order valence-electron chi connectivity index (χ2n) is 5.29. The summed E-state index contributed by atoms with van der Waals surface area (Å²) in [4.78, 5) is 12.4. The summed E-state index contributed by atoms with van der Waals surface area (Å²) in [5.74, 6) is 0.865. The predicted molar refractivity (Wildman–Crippen MR) is 83.5 cm³/mol. The number of alkyl halides is 3. The van der Waals surface area contributed by atoms with Crippen LogP contribution in [0.1, 0.15) is 25.0 Å². The van der Waals surface area contributed by atoms with E-state index in [-0.39, 0.29) is 5.78 Å². The molecular formula is C16H18F3NOS. The zero-order chi connectivity index (χ0) is 16.5. The minimum absolute atomic E-state index is 0.168. The average Bonchev–Trinajstić information content (AvgIpc) is 2.68. The van der Waals surface area contributed by atoms with E-state index in [1.807, 2.05) is 6.92 Å². The molecule has 2 atom stereocenters. The minimum Gasteiger partial charge on any atom is -0.324 e. The molecule has 0 saturated carbocycles. The van der Waals surface area contributed by atoms with Gasteiger partial charge in [0.2, 0.25) is 0 Å².